The first-order chi connectivity index (χ1) is 12.2. The van der Waals surface area contributed by atoms with Gasteiger partial charge in [-0.15, -0.1) is 0 Å². The molecule has 1 amide bonds. The Bertz CT molecular complexity index is 916. The van der Waals surface area contributed by atoms with Crippen LogP contribution in [0.4, 0.5) is 0 Å². The lowest BCUT2D eigenvalue weighted by atomic mass is 9.88. The molecular formula is C21H23N3O. The van der Waals surface area contributed by atoms with Gasteiger partial charge in [0.15, 0.2) is 0 Å². The zero-order valence-electron chi connectivity index (χ0n) is 14.6. The van der Waals surface area contributed by atoms with Crippen LogP contribution in [0.2, 0.25) is 0 Å². The van der Waals surface area contributed by atoms with Crippen molar-refractivity contribution in [3.63, 3.8) is 0 Å². The van der Waals surface area contributed by atoms with E-state index >= 15 is 0 Å². The molecule has 25 heavy (non-hydrogen) atoms. The van der Waals surface area contributed by atoms with Gasteiger partial charge in [0.1, 0.15) is 0 Å². The average Bonchev–Trinajstić information content (AvgIpc) is 3.21. The summed E-state index contributed by atoms with van der Waals surface area (Å²) in [6.07, 6.45) is 9.50. The van der Waals surface area contributed by atoms with Crippen LogP contribution >= 0.6 is 0 Å². The first-order valence-electron chi connectivity index (χ1n) is 9.30. The van der Waals surface area contributed by atoms with E-state index in [9.17, 15) is 4.79 Å². The molecule has 1 aliphatic heterocycles. The Kier molecular flexibility index (Phi) is 3.34. The summed E-state index contributed by atoms with van der Waals surface area (Å²) < 4.78 is 2.07. The van der Waals surface area contributed by atoms with Crippen molar-refractivity contribution in [2.24, 2.45) is 12.0 Å². The van der Waals surface area contributed by atoms with Crippen molar-refractivity contribution in [2.45, 2.75) is 44.2 Å². The van der Waals surface area contributed by atoms with E-state index in [1.165, 1.54) is 11.1 Å². The molecule has 5 rings (SSSR count). The summed E-state index contributed by atoms with van der Waals surface area (Å²) in [6, 6.07) is 8.91. The molecule has 0 bridgehead atoms. The highest BCUT2D eigenvalue weighted by atomic mass is 16.2. The van der Waals surface area contributed by atoms with Crippen molar-refractivity contribution in [1.29, 1.82) is 0 Å². The van der Waals surface area contributed by atoms with E-state index in [4.69, 9.17) is 0 Å². The van der Waals surface area contributed by atoms with Crippen LogP contribution in [0.1, 0.15) is 42.5 Å². The van der Waals surface area contributed by atoms with Gasteiger partial charge in [-0.2, -0.15) is 0 Å². The van der Waals surface area contributed by atoms with E-state index in [-0.39, 0.29) is 5.91 Å². The van der Waals surface area contributed by atoms with E-state index < -0.39 is 0 Å². The summed E-state index contributed by atoms with van der Waals surface area (Å²) in [4.78, 5) is 20.2. The third-order valence-electron chi connectivity index (χ3n) is 5.91. The van der Waals surface area contributed by atoms with Crippen LogP contribution in [-0.2, 0) is 7.05 Å². The van der Waals surface area contributed by atoms with Crippen LogP contribution in [-0.4, -0.2) is 40.2 Å². The fourth-order valence-electron chi connectivity index (χ4n) is 4.48. The van der Waals surface area contributed by atoms with Crippen LogP contribution in [0.3, 0.4) is 0 Å². The van der Waals surface area contributed by atoms with Gasteiger partial charge in [-0.1, -0.05) is 12.1 Å². The lowest BCUT2D eigenvalue weighted by molar-refractivity contribution is 0.0647. The number of fused-ring (bicyclic) bond motifs is 1. The fraction of sp³-hybridized carbons (Fsp3) is 0.429. The first-order valence-corrected chi connectivity index (χ1v) is 9.30. The molecule has 1 atom stereocenters. The van der Waals surface area contributed by atoms with Crippen molar-refractivity contribution in [2.75, 3.05) is 6.54 Å². The van der Waals surface area contributed by atoms with Gasteiger partial charge in [-0.05, 0) is 55.4 Å². The Morgan fingerprint density at radius 2 is 2.08 bits per heavy atom. The highest BCUT2D eigenvalue weighted by Crippen LogP contribution is 2.38. The first kappa shape index (κ1) is 14.9. The van der Waals surface area contributed by atoms with Gasteiger partial charge in [-0.25, -0.2) is 0 Å². The SMILES string of the molecule is Cn1ccc2cccc(C(=O)N(C3CC3)C3CCC4=C(C=NC4)C3)c21. The van der Waals surface area contributed by atoms with Gasteiger partial charge in [0, 0.05) is 36.9 Å². The number of carbonyl (C=O) groups excluding carboxylic acids is 1. The van der Waals surface area contributed by atoms with Crippen molar-refractivity contribution in [1.82, 2.24) is 9.47 Å². The third kappa shape index (κ3) is 2.43. The molecule has 0 spiro atoms. The number of aromatic nitrogens is 1. The summed E-state index contributed by atoms with van der Waals surface area (Å²) in [5.41, 5.74) is 4.77. The van der Waals surface area contributed by atoms with Crippen LogP contribution in [0.25, 0.3) is 10.9 Å². The third-order valence-corrected chi connectivity index (χ3v) is 5.91. The number of carbonyl (C=O) groups is 1. The van der Waals surface area contributed by atoms with Crippen LogP contribution < -0.4 is 0 Å². The zero-order chi connectivity index (χ0) is 17.0. The standard InChI is InChI=1S/C21H23N3O/c1-23-10-9-14-3-2-4-19(20(14)23)21(25)24(17-7-8-17)18-6-5-15-12-22-13-16(15)11-18/h2-4,9-10,13,17-18H,5-8,11-12H2,1H3. The lowest BCUT2D eigenvalue weighted by Crippen LogP contribution is -2.43. The Labute approximate surface area is 147 Å². The van der Waals surface area contributed by atoms with Gasteiger partial charge in [-0.3, -0.25) is 9.79 Å². The predicted molar refractivity (Wildman–Crippen MR) is 100 cm³/mol. The van der Waals surface area contributed by atoms with E-state index in [0.29, 0.717) is 12.1 Å². The smallest absolute Gasteiger partial charge is 0.256 e. The Balaban J connectivity index is 1.51. The van der Waals surface area contributed by atoms with E-state index in [2.05, 4.69) is 26.6 Å². The number of benzene rings is 1. The average molecular weight is 333 g/mol. The molecule has 4 nitrogen and oxygen atoms in total. The number of aliphatic imine (C=N–C) groups is 1. The van der Waals surface area contributed by atoms with E-state index in [1.807, 2.05) is 31.6 Å². The number of aryl methyl sites for hydroxylation is 1. The summed E-state index contributed by atoms with van der Waals surface area (Å²) in [7, 11) is 2.02. The second-order valence-electron chi connectivity index (χ2n) is 7.61. The van der Waals surface area contributed by atoms with Crippen molar-refractivity contribution in [3.05, 3.63) is 47.2 Å². The minimum absolute atomic E-state index is 0.207. The summed E-state index contributed by atoms with van der Waals surface area (Å²) in [5, 5.41) is 1.14. The van der Waals surface area contributed by atoms with Crippen molar-refractivity contribution >= 4 is 23.0 Å². The van der Waals surface area contributed by atoms with Gasteiger partial charge in [0.05, 0.1) is 17.6 Å². The monoisotopic (exact) mass is 333 g/mol. The molecule has 0 N–H and O–H groups in total. The maximum Gasteiger partial charge on any atom is 0.256 e. The Hall–Kier alpha value is -2.36. The lowest BCUT2D eigenvalue weighted by Gasteiger charge is -2.35. The molecule has 1 unspecified atom stereocenters. The maximum absolute atomic E-state index is 13.5. The van der Waals surface area contributed by atoms with Crippen LogP contribution in [0.15, 0.2) is 46.6 Å². The van der Waals surface area contributed by atoms with Gasteiger partial charge < -0.3 is 9.47 Å². The number of para-hydroxylation sites is 1. The molecule has 128 valence electrons. The van der Waals surface area contributed by atoms with Gasteiger partial charge in [0.2, 0.25) is 0 Å². The number of rotatable bonds is 3. The molecule has 0 saturated heterocycles. The minimum Gasteiger partial charge on any atom is -0.350 e. The molecule has 2 aliphatic carbocycles. The molecule has 0 radical (unpaired) electrons. The van der Waals surface area contributed by atoms with Crippen LogP contribution in [0, 0.1) is 0 Å². The Morgan fingerprint density at radius 1 is 1.20 bits per heavy atom. The summed E-state index contributed by atoms with van der Waals surface area (Å²) in [6.45, 7) is 0.877. The minimum atomic E-state index is 0.207. The molecule has 1 aromatic carbocycles. The molecule has 1 saturated carbocycles. The molecule has 3 aliphatic rings. The topological polar surface area (TPSA) is 37.6 Å². The molecule has 4 heteroatoms. The molecule has 2 aromatic rings. The maximum atomic E-state index is 13.5. The van der Waals surface area contributed by atoms with Gasteiger partial charge >= 0.3 is 0 Å². The van der Waals surface area contributed by atoms with E-state index in [1.54, 1.807) is 0 Å². The molecular weight excluding hydrogens is 310 g/mol. The zero-order valence-corrected chi connectivity index (χ0v) is 14.6. The number of hydrogen-bond acceptors (Lipinski definition) is 2. The fourth-order valence-corrected chi connectivity index (χ4v) is 4.48. The summed E-state index contributed by atoms with van der Waals surface area (Å²) >= 11 is 0. The largest absolute Gasteiger partial charge is 0.350 e. The van der Waals surface area contributed by atoms with Crippen molar-refractivity contribution in [3.8, 4) is 0 Å². The number of hydrogen-bond donors (Lipinski definition) is 0. The second-order valence-corrected chi connectivity index (χ2v) is 7.61. The molecule has 1 fully saturated rings. The second kappa shape index (κ2) is 5.58. The molecule has 1 aromatic heterocycles. The van der Waals surface area contributed by atoms with Gasteiger partial charge in [0.25, 0.3) is 5.91 Å². The molecule has 2 heterocycles. The number of amides is 1. The summed E-state index contributed by atoms with van der Waals surface area (Å²) in [5.74, 6) is 0.207. The Morgan fingerprint density at radius 3 is 2.92 bits per heavy atom. The van der Waals surface area contributed by atoms with Crippen molar-refractivity contribution < 1.29 is 4.79 Å². The predicted octanol–water partition coefficient (Wildman–Crippen LogP) is 3.72. The number of nitrogens with zero attached hydrogens (tertiary/aromatic N) is 3. The quantitative estimate of drug-likeness (QED) is 0.843. The van der Waals surface area contributed by atoms with Crippen LogP contribution in [0.5, 0.6) is 0 Å². The highest BCUT2D eigenvalue weighted by molar-refractivity contribution is 6.06. The normalized spacial score (nSPS) is 22.5. The highest BCUT2D eigenvalue weighted by Gasteiger charge is 2.40. The van der Waals surface area contributed by atoms with E-state index in [0.717, 1.165) is 55.1 Å².